The average Bonchev–Trinajstić information content (AvgIpc) is 3.16. The number of unbranched alkanes of at least 4 members (excludes halogenated alkanes) is 3. The van der Waals surface area contributed by atoms with E-state index in [1.165, 1.54) is 12.3 Å². The highest BCUT2D eigenvalue weighted by Gasteiger charge is 2.30. The summed E-state index contributed by atoms with van der Waals surface area (Å²) in [6, 6.07) is 1.37. The summed E-state index contributed by atoms with van der Waals surface area (Å²) >= 11 is 0. The summed E-state index contributed by atoms with van der Waals surface area (Å²) in [6.45, 7) is 2.48. The van der Waals surface area contributed by atoms with Crippen LogP contribution in [0.4, 0.5) is 0 Å². The Balaban J connectivity index is 2.05. The zero-order chi connectivity index (χ0) is 15.5. The number of nitrogens with zero attached hydrogens (tertiary/aromatic N) is 1. The van der Waals surface area contributed by atoms with Crippen LogP contribution in [0.5, 0.6) is 0 Å². The van der Waals surface area contributed by atoms with Crippen molar-refractivity contribution < 1.29 is 18.3 Å². The first-order valence-corrected chi connectivity index (χ1v) is 8.89. The van der Waals surface area contributed by atoms with Crippen molar-refractivity contribution in [1.29, 1.82) is 0 Å². The van der Waals surface area contributed by atoms with Gasteiger partial charge in [-0.1, -0.05) is 26.2 Å². The van der Waals surface area contributed by atoms with Crippen molar-refractivity contribution in [2.45, 2.75) is 56.4 Å². The molecule has 1 aromatic heterocycles. The third kappa shape index (κ3) is 4.07. The lowest BCUT2D eigenvalue weighted by molar-refractivity contribution is 0.0685. The molecule has 1 saturated carbocycles. The SMILES string of the molecule is CCCCCCNS(=O)(=O)c1cc(C(=O)O)n(C2CC2)c1. The van der Waals surface area contributed by atoms with Gasteiger partial charge in [0, 0.05) is 18.8 Å². The van der Waals surface area contributed by atoms with Gasteiger partial charge in [0.25, 0.3) is 0 Å². The molecule has 1 aliphatic carbocycles. The summed E-state index contributed by atoms with van der Waals surface area (Å²) in [6.07, 6.45) is 7.21. The van der Waals surface area contributed by atoms with Gasteiger partial charge in [-0.3, -0.25) is 0 Å². The van der Waals surface area contributed by atoms with Crippen LogP contribution >= 0.6 is 0 Å². The number of rotatable bonds is 9. The second-order valence-electron chi connectivity index (χ2n) is 5.46. The Morgan fingerprint density at radius 3 is 2.67 bits per heavy atom. The van der Waals surface area contributed by atoms with Crippen LogP contribution in [0.15, 0.2) is 17.2 Å². The fourth-order valence-electron chi connectivity index (χ4n) is 2.27. The number of sulfonamides is 1. The summed E-state index contributed by atoms with van der Waals surface area (Å²) in [5, 5.41) is 9.16. The summed E-state index contributed by atoms with van der Waals surface area (Å²) in [5.41, 5.74) is 0.0452. The van der Waals surface area contributed by atoms with Crippen molar-refractivity contribution in [1.82, 2.24) is 9.29 Å². The number of aromatic nitrogens is 1. The van der Waals surface area contributed by atoms with Crippen molar-refractivity contribution in [2.24, 2.45) is 0 Å². The molecule has 118 valence electrons. The van der Waals surface area contributed by atoms with Crippen molar-refractivity contribution in [3.63, 3.8) is 0 Å². The Morgan fingerprint density at radius 2 is 2.10 bits per heavy atom. The minimum Gasteiger partial charge on any atom is -0.477 e. The highest BCUT2D eigenvalue weighted by molar-refractivity contribution is 7.89. The van der Waals surface area contributed by atoms with Gasteiger partial charge in [-0.25, -0.2) is 17.9 Å². The van der Waals surface area contributed by atoms with E-state index in [1.807, 2.05) is 0 Å². The number of carbonyl (C=O) groups is 1. The predicted octanol–water partition coefficient (Wildman–Crippen LogP) is 2.38. The monoisotopic (exact) mass is 314 g/mol. The van der Waals surface area contributed by atoms with Gasteiger partial charge in [-0.15, -0.1) is 0 Å². The molecule has 21 heavy (non-hydrogen) atoms. The zero-order valence-corrected chi connectivity index (χ0v) is 13.0. The Bertz CT molecular complexity index is 602. The highest BCUT2D eigenvalue weighted by Crippen LogP contribution is 2.37. The van der Waals surface area contributed by atoms with E-state index >= 15 is 0 Å². The summed E-state index contributed by atoms with van der Waals surface area (Å²) < 4.78 is 28.5. The number of nitrogens with one attached hydrogen (secondary N) is 1. The molecule has 1 heterocycles. The molecule has 1 aromatic rings. The molecule has 2 N–H and O–H groups in total. The smallest absolute Gasteiger partial charge is 0.352 e. The molecule has 0 amide bonds. The molecule has 0 atom stereocenters. The first kappa shape index (κ1) is 16.0. The maximum Gasteiger partial charge on any atom is 0.352 e. The Morgan fingerprint density at radius 1 is 1.38 bits per heavy atom. The molecule has 0 saturated heterocycles. The van der Waals surface area contributed by atoms with Crippen LogP contribution in [0.1, 0.15) is 62.0 Å². The lowest BCUT2D eigenvalue weighted by Gasteiger charge is -2.04. The van der Waals surface area contributed by atoms with E-state index in [4.69, 9.17) is 5.11 Å². The number of aromatic carboxylic acids is 1. The number of carboxylic acid groups (broad SMARTS) is 1. The molecular weight excluding hydrogens is 292 g/mol. The minimum absolute atomic E-state index is 0.0438. The molecule has 1 fully saturated rings. The Kier molecular flexibility index (Phi) is 5.05. The second kappa shape index (κ2) is 6.62. The topological polar surface area (TPSA) is 88.4 Å². The second-order valence-corrected chi connectivity index (χ2v) is 7.23. The van der Waals surface area contributed by atoms with Crippen LogP contribution in [0.25, 0.3) is 0 Å². The summed E-state index contributed by atoms with van der Waals surface area (Å²) in [4.78, 5) is 11.2. The first-order chi connectivity index (χ1) is 9.95. The fraction of sp³-hybridized carbons (Fsp3) is 0.643. The van der Waals surface area contributed by atoms with E-state index in [2.05, 4.69) is 11.6 Å². The first-order valence-electron chi connectivity index (χ1n) is 7.40. The maximum atomic E-state index is 12.2. The Labute approximate surface area is 125 Å². The van der Waals surface area contributed by atoms with Crippen LogP contribution in [-0.4, -0.2) is 30.6 Å². The van der Waals surface area contributed by atoms with Gasteiger partial charge >= 0.3 is 5.97 Å². The molecular formula is C14H22N2O4S. The van der Waals surface area contributed by atoms with Crippen LogP contribution in [-0.2, 0) is 10.0 Å². The molecule has 1 aliphatic rings. The number of carboxylic acids is 1. The third-order valence-electron chi connectivity index (χ3n) is 3.62. The van der Waals surface area contributed by atoms with Crippen molar-refractivity contribution >= 4 is 16.0 Å². The average molecular weight is 314 g/mol. The van der Waals surface area contributed by atoms with E-state index in [0.29, 0.717) is 6.54 Å². The molecule has 0 unspecified atom stereocenters. The molecule has 0 aliphatic heterocycles. The van der Waals surface area contributed by atoms with Crippen LogP contribution < -0.4 is 4.72 Å². The van der Waals surface area contributed by atoms with E-state index in [0.717, 1.165) is 38.5 Å². The van der Waals surface area contributed by atoms with Gasteiger partial charge in [0.05, 0.1) is 0 Å². The fourth-order valence-corrected chi connectivity index (χ4v) is 3.37. The molecule has 2 rings (SSSR count). The largest absolute Gasteiger partial charge is 0.477 e. The van der Waals surface area contributed by atoms with E-state index in [9.17, 15) is 13.2 Å². The maximum absolute atomic E-state index is 12.2. The van der Waals surface area contributed by atoms with Crippen LogP contribution in [0, 0.1) is 0 Å². The van der Waals surface area contributed by atoms with Crippen LogP contribution in [0.2, 0.25) is 0 Å². The van der Waals surface area contributed by atoms with Gasteiger partial charge in [-0.2, -0.15) is 0 Å². The van der Waals surface area contributed by atoms with Gasteiger partial charge in [0.1, 0.15) is 10.6 Å². The molecule has 0 aromatic carbocycles. The minimum atomic E-state index is -3.62. The van der Waals surface area contributed by atoms with Gasteiger partial charge in [0.2, 0.25) is 10.0 Å². The van der Waals surface area contributed by atoms with Crippen LogP contribution in [0.3, 0.4) is 0 Å². The molecule has 7 heteroatoms. The summed E-state index contributed by atoms with van der Waals surface area (Å²) in [7, 11) is -3.62. The van der Waals surface area contributed by atoms with Crippen molar-refractivity contribution in [3.8, 4) is 0 Å². The lowest BCUT2D eigenvalue weighted by Crippen LogP contribution is -2.24. The third-order valence-corrected chi connectivity index (χ3v) is 5.04. The lowest BCUT2D eigenvalue weighted by atomic mass is 10.2. The van der Waals surface area contributed by atoms with Gasteiger partial charge < -0.3 is 9.67 Å². The number of hydrogen-bond donors (Lipinski definition) is 2. The van der Waals surface area contributed by atoms with Crippen molar-refractivity contribution in [3.05, 3.63) is 18.0 Å². The quantitative estimate of drug-likeness (QED) is 0.685. The summed E-state index contributed by atoms with van der Waals surface area (Å²) in [5.74, 6) is -1.09. The van der Waals surface area contributed by atoms with Gasteiger partial charge in [0.15, 0.2) is 0 Å². The van der Waals surface area contributed by atoms with E-state index in [-0.39, 0.29) is 16.6 Å². The standard InChI is InChI=1S/C14H22N2O4S/c1-2-3-4-5-8-15-21(19,20)12-9-13(14(17)18)16(10-12)11-6-7-11/h9-11,15H,2-8H2,1H3,(H,17,18). The van der Waals surface area contributed by atoms with Gasteiger partial charge in [-0.05, 0) is 25.3 Å². The number of hydrogen-bond acceptors (Lipinski definition) is 3. The predicted molar refractivity (Wildman–Crippen MR) is 79.0 cm³/mol. The van der Waals surface area contributed by atoms with E-state index < -0.39 is 16.0 Å². The highest BCUT2D eigenvalue weighted by atomic mass is 32.2. The zero-order valence-electron chi connectivity index (χ0n) is 12.2. The van der Waals surface area contributed by atoms with Crippen molar-refractivity contribution in [2.75, 3.05) is 6.54 Å². The normalized spacial score (nSPS) is 15.3. The molecule has 6 nitrogen and oxygen atoms in total. The van der Waals surface area contributed by atoms with E-state index in [1.54, 1.807) is 4.57 Å². The molecule has 0 radical (unpaired) electrons. The molecule has 0 bridgehead atoms. The molecule has 0 spiro atoms. The Hall–Kier alpha value is -1.34.